The van der Waals surface area contributed by atoms with Crippen molar-refractivity contribution in [2.24, 2.45) is 11.7 Å². The Bertz CT molecular complexity index is 1170. The maximum atomic E-state index is 14.1. The van der Waals surface area contributed by atoms with Crippen molar-refractivity contribution in [3.8, 4) is 0 Å². The summed E-state index contributed by atoms with van der Waals surface area (Å²) in [5.74, 6) is -3.50. The van der Waals surface area contributed by atoms with Gasteiger partial charge in [-0.2, -0.15) is 0 Å². The van der Waals surface area contributed by atoms with Crippen LogP contribution >= 0.6 is 0 Å². The first-order chi connectivity index (χ1) is 17.2. The molecule has 0 radical (unpaired) electrons. The number of amides is 3. The summed E-state index contributed by atoms with van der Waals surface area (Å²) in [6.45, 7) is 0.208. The van der Waals surface area contributed by atoms with Gasteiger partial charge >= 0.3 is 0 Å². The van der Waals surface area contributed by atoms with Crippen LogP contribution in [0.1, 0.15) is 60.0 Å². The van der Waals surface area contributed by atoms with Crippen LogP contribution in [0.15, 0.2) is 36.4 Å². The molecule has 3 aliphatic heterocycles. The molecule has 3 saturated heterocycles. The molecule has 3 fully saturated rings. The fourth-order valence-corrected chi connectivity index (χ4v) is 5.92. The first kappa shape index (κ1) is 24.5. The van der Waals surface area contributed by atoms with Crippen LogP contribution < -0.4 is 5.73 Å². The van der Waals surface area contributed by atoms with Gasteiger partial charge in [-0.15, -0.1) is 0 Å². The van der Waals surface area contributed by atoms with E-state index in [1.54, 1.807) is 24.3 Å². The molecule has 5 rings (SSSR count). The highest BCUT2D eigenvalue weighted by atomic mass is 19.2. The van der Waals surface area contributed by atoms with Crippen LogP contribution in [0.2, 0.25) is 0 Å². The monoisotopic (exact) mass is 499 g/mol. The van der Waals surface area contributed by atoms with E-state index in [1.165, 1.54) is 4.90 Å². The topological polar surface area (TPSA) is 83.7 Å². The molecule has 0 spiro atoms. The molecular formula is C27H28F3N3O3. The van der Waals surface area contributed by atoms with Gasteiger partial charge in [-0.25, -0.2) is 13.2 Å². The molecule has 3 amide bonds. The number of imide groups is 1. The Hall–Kier alpha value is -3.20. The minimum absolute atomic E-state index is 0.0154. The molecule has 0 unspecified atom stereocenters. The van der Waals surface area contributed by atoms with Gasteiger partial charge in [0.25, 0.3) is 5.91 Å². The molecule has 0 aliphatic carbocycles. The zero-order valence-electron chi connectivity index (χ0n) is 19.8. The number of rotatable bonds is 6. The SMILES string of the molecule is N[C@H](Cc1cc(F)c(F)cc1F)[C@H]1C[C@H]2CC[C@@H](C1)N2C(=O)c1ccc(CN2C(=O)CCC2=O)cc1. The van der Waals surface area contributed by atoms with Crippen molar-refractivity contribution in [3.63, 3.8) is 0 Å². The van der Waals surface area contributed by atoms with Crippen molar-refractivity contribution in [1.29, 1.82) is 0 Å². The predicted molar refractivity (Wildman–Crippen MR) is 125 cm³/mol. The summed E-state index contributed by atoms with van der Waals surface area (Å²) >= 11 is 0. The maximum absolute atomic E-state index is 14.1. The summed E-state index contributed by atoms with van der Waals surface area (Å²) < 4.78 is 40.9. The normalized spacial score (nSPS) is 24.5. The van der Waals surface area contributed by atoms with Crippen molar-refractivity contribution in [2.75, 3.05) is 0 Å². The molecule has 36 heavy (non-hydrogen) atoms. The van der Waals surface area contributed by atoms with Crippen LogP contribution in [-0.2, 0) is 22.6 Å². The summed E-state index contributed by atoms with van der Waals surface area (Å²) in [4.78, 5) is 40.2. The lowest BCUT2D eigenvalue weighted by molar-refractivity contribution is -0.139. The minimum Gasteiger partial charge on any atom is -0.333 e. The minimum atomic E-state index is -1.22. The number of halogens is 3. The summed E-state index contributed by atoms with van der Waals surface area (Å²) in [5.41, 5.74) is 7.77. The van der Waals surface area contributed by atoms with Gasteiger partial charge < -0.3 is 10.6 Å². The average Bonchev–Trinajstić information content (AvgIpc) is 3.31. The van der Waals surface area contributed by atoms with Crippen molar-refractivity contribution in [1.82, 2.24) is 9.80 Å². The van der Waals surface area contributed by atoms with Gasteiger partial charge in [-0.1, -0.05) is 12.1 Å². The largest absolute Gasteiger partial charge is 0.333 e. The number of fused-ring (bicyclic) bond motifs is 2. The van der Waals surface area contributed by atoms with Gasteiger partial charge in [0.05, 0.1) is 6.54 Å². The third-order valence-corrected chi connectivity index (χ3v) is 7.85. The van der Waals surface area contributed by atoms with E-state index >= 15 is 0 Å². The van der Waals surface area contributed by atoms with Crippen molar-refractivity contribution < 1.29 is 27.6 Å². The van der Waals surface area contributed by atoms with E-state index in [1.807, 2.05) is 4.90 Å². The van der Waals surface area contributed by atoms with Crippen LogP contribution in [-0.4, -0.2) is 45.6 Å². The van der Waals surface area contributed by atoms with Gasteiger partial charge in [-0.3, -0.25) is 19.3 Å². The number of piperidine rings is 1. The lowest BCUT2D eigenvalue weighted by Crippen LogP contribution is -2.50. The Balaban J connectivity index is 1.22. The number of nitrogens with zero attached hydrogens (tertiary/aromatic N) is 2. The Labute approximate surface area is 207 Å². The highest BCUT2D eigenvalue weighted by molar-refractivity contribution is 6.01. The molecule has 9 heteroatoms. The highest BCUT2D eigenvalue weighted by Gasteiger charge is 2.44. The molecule has 0 saturated carbocycles. The first-order valence-electron chi connectivity index (χ1n) is 12.3. The molecule has 4 atom stereocenters. The third kappa shape index (κ3) is 4.64. The van der Waals surface area contributed by atoms with E-state index in [0.29, 0.717) is 24.5 Å². The molecule has 3 aliphatic rings. The van der Waals surface area contributed by atoms with E-state index in [9.17, 15) is 27.6 Å². The number of benzene rings is 2. The number of carbonyl (C=O) groups is 3. The fourth-order valence-electron chi connectivity index (χ4n) is 5.92. The second kappa shape index (κ2) is 9.69. The zero-order chi connectivity index (χ0) is 25.6. The van der Waals surface area contributed by atoms with Crippen LogP contribution in [0.5, 0.6) is 0 Å². The predicted octanol–water partition coefficient (Wildman–Crippen LogP) is 3.71. The van der Waals surface area contributed by atoms with Crippen LogP contribution in [0.25, 0.3) is 0 Å². The van der Waals surface area contributed by atoms with Gasteiger partial charge in [0.1, 0.15) is 5.82 Å². The Morgan fingerprint density at radius 2 is 1.50 bits per heavy atom. The number of carbonyl (C=O) groups excluding carboxylic acids is 3. The standard InChI is InChI=1S/C27H28F3N3O3/c28-21-13-23(30)22(29)11-17(21)12-24(31)18-9-19-5-6-20(10-18)33(19)27(36)16-3-1-15(2-4-16)14-32-25(34)7-8-26(32)35/h1-4,11,13,18-20,24H,5-10,12,14,31H2/t18-,19+,20-,24-/m1/s1. The zero-order valence-corrected chi connectivity index (χ0v) is 19.8. The third-order valence-electron chi connectivity index (χ3n) is 7.85. The van der Waals surface area contributed by atoms with Crippen LogP contribution in [0, 0.1) is 23.4 Å². The Morgan fingerprint density at radius 3 is 2.11 bits per heavy atom. The average molecular weight is 500 g/mol. The number of hydrogen-bond donors (Lipinski definition) is 1. The van der Waals surface area contributed by atoms with E-state index < -0.39 is 23.5 Å². The van der Waals surface area contributed by atoms with Crippen LogP contribution in [0.4, 0.5) is 13.2 Å². The molecular weight excluding hydrogens is 471 g/mol. The summed E-state index contributed by atoms with van der Waals surface area (Å²) in [6.07, 6.45) is 3.65. The lowest BCUT2D eigenvalue weighted by atomic mass is 9.82. The van der Waals surface area contributed by atoms with Gasteiger partial charge in [0.2, 0.25) is 11.8 Å². The van der Waals surface area contributed by atoms with Gasteiger partial charge in [0.15, 0.2) is 11.6 Å². The maximum Gasteiger partial charge on any atom is 0.254 e. The van der Waals surface area contributed by atoms with E-state index in [4.69, 9.17) is 5.73 Å². The summed E-state index contributed by atoms with van der Waals surface area (Å²) in [5, 5.41) is 0. The number of likely N-dealkylation sites (tertiary alicyclic amines) is 1. The first-order valence-corrected chi connectivity index (χ1v) is 12.3. The molecule has 3 heterocycles. The highest BCUT2D eigenvalue weighted by Crippen LogP contribution is 2.41. The molecule has 0 aromatic heterocycles. The molecule has 190 valence electrons. The van der Waals surface area contributed by atoms with Crippen molar-refractivity contribution in [3.05, 3.63) is 70.5 Å². The second-order valence-corrected chi connectivity index (χ2v) is 10.1. The molecule has 6 nitrogen and oxygen atoms in total. The van der Waals surface area contributed by atoms with E-state index in [-0.39, 0.29) is 67.1 Å². The molecule has 2 N–H and O–H groups in total. The van der Waals surface area contributed by atoms with Crippen LogP contribution in [0.3, 0.4) is 0 Å². The quantitative estimate of drug-likeness (QED) is 0.485. The Kier molecular flexibility index (Phi) is 6.59. The summed E-state index contributed by atoms with van der Waals surface area (Å²) in [7, 11) is 0. The van der Waals surface area contributed by atoms with Crippen molar-refractivity contribution >= 4 is 17.7 Å². The Morgan fingerprint density at radius 1 is 0.917 bits per heavy atom. The molecule has 2 bridgehead atoms. The fraction of sp³-hybridized carbons (Fsp3) is 0.444. The second-order valence-electron chi connectivity index (χ2n) is 10.1. The lowest BCUT2D eigenvalue weighted by Gasteiger charge is -2.41. The van der Waals surface area contributed by atoms with Gasteiger partial charge in [-0.05, 0) is 67.3 Å². The van der Waals surface area contributed by atoms with E-state index in [2.05, 4.69) is 0 Å². The van der Waals surface area contributed by atoms with Gasteiger partial charge in [0, 0.05) is 42.6 Å². The number of hydrogen-bond acceptors (Lipinski definition) is 4. The number of nitrogens with two attached hydrogens (primary N) is 1. The molecule has 2 aromatic rings. The molecule has 2 aromatic carbocycles. The summed E-state index contributed by atoms with van der Waals surface area (Å²) in [6, 6.07) is 8.02. The smallest absolute Gasteiger partial charge is 0.254 e. The van der Waals surface area contributed by atoms with E-state index in [0.717, 1.165) is 24.5 Å². The van der Waals surface area contributed by atoms with Crippen molar-refractivity contribution in [2.45, 2.75) is 69.6 Å².